The van der Waals surface area contributed by atoms with E-state index >= 15 is 0 Å². The Morgan fingerprint density at radius 3 is 3.00 bits per heavy atom. The third kappa shape index (κ3) is 1.43. The number of hydrogen-bond acceptors (Lipinski definition) is 4. The van der Waals surface area contributed by atoms with Gasteiger partial charge >= 0.3 is 0 Å². The Labute approximate surface area is 61.7 Å². The van der Waals surface area contributed by atoms with Gasteiger partial charge in [0.05, 0.1) is 29.7 Å². The molecule has 0 amide bonds. The van der Waals surface area contributed by atoms with Crippen LogP contribution in [0.5, 0.6) is 0 Å². The fourth-order valence-corrected chi connectivity index (χ4v) is 1.05. The van der Waals surface area contributed by atoms with Crippen LogP contribution in [0.4, 0.5) is 0 Å². The SMILES string of the molecule is Cc1nsnc1CN=[N+]=[N-]. The van der Waals surface area contributed by atoms with Crippen molar-refractivity contribution in [2.24, 2.45) is 5.11 Å². The number of aryl methyl sites for hydroxylation is 1. The molecule has 0 aliphatic heterocycles. The molecule has 52 valence electrons. The zero-order valence-electron chi connectivity index (χ0n) is 5.35. The molecule has 5 nitrogen and oxygen atoms in total. The molecule has 0 saturated heterocycles. The van der Waals surface area contributed by atoms with E-state index in [0.29, 0.717) is 6.54 Å². The van der Waals surface area contributed by atoms with Crippen LogP contribution in [-0.2, 0) is 6.54 Å². The first-order valence-corrected chi connectivity index (χ1v) is 3.36. The molecule has 0 N–H and O–H groups in total. The van der Waals surface area contributed by atoms with Gasteiger partial charge in [-0.25, -0.2) is 0 Å². The number of rotatable bonds is 2. The van der Waals surface area contributed by atoms with Crippen molar-refractivity contribution < 1.29 is 0 Å². The average Bonchev–Trinajstić information content (AvgIpc) is 2.31. The standard InChI is InChI=1S/C4H5N5S/c1-3-4(2-6-9-5)8-10-7-3/h2H2,1H3. The summed E-state index contributed by atoms with van der Waals surface area (Å²) in [6.45, 7) is 2.14. The maximum atomic E-state index is 7.97. The molecule has 10 heavy (non-hydrogen) atoms. The van der Waals surface area contributed by atoms with Crippen molar-refractivity contribution in [2.75, 3.05) is 0 Å². The van der Waals surface area contributed by atoms with Crippen molar-refractivity contribution in [3.05, 3.63) is 21.8 Å². The number of azide groups is 1. The highest BCUT2D eigenvalue weighted by Gasteiger charge is 1.99. The molecule has 0 spiro atoms. The molecule has 6 heteroatoms. The molecule has 0 aliphatic carbocycles. The van der Waals surface area contributed by atoms with Crippen molar-refractivity contribution in [2.45, 2.75) is 13.5 Å². The summed E-state index contributed by atoms with van der Waals surface area (Å²) in [7, 11) is 0. The van der Waals surface area contributed by atoms with E-state index in [0.717, 1.165) is 23.1 Å². The van der Waals surface area contributed by atoms with Crippen LogP contribution in [0.25, 0.3) is 10.4 Å². The lowest BCUT2D eigenvalue weighted by atomic mass is 10.3. The lowest BCUT2D eigenvalue weighted by Crippen LogP contribution is -1.82. The van der Waals surface area contributed by atoms with Crippen molar-refractivity contribution in [3.8, 4) is 0 Å². The second kappa shape index (κ2) is 3.14. The van der Waals surface area contributed by atoms with Gasteiger partial charge in [0.25, 0.3) is 0 Å². The monoisotopic (exact) mass is 155 g/mol. The Kier molecular flexibility index (Phi) is 2.20. The van der Waals surface area contributed by atoms with Gasteiger partial charge in [-0.05, 0) is 12.5 Å². The highest BCUT2D eigenvalue weighted by atomic mass is 32.1. The molecule has 1 aromatic rings. The van der Waals surface area contributed by atoms with Crippen molar-refractivity contribution in [1.29, 1.82) is 0 Å². The molecular formula is C4H5N5S. The van der Waals surface area contributed by atoms with Crippen molar-refractivity contribution >= 4 is 11.7 Å². The van der Waals surface area contributed by atoms with Gasteiger partial charge in [-0.2, -0.15) is 8.75 Å². The smallest absolute Gasteiger partial charge is 0.0830 e. The number of aromatic nitrogens is 2. The van der Waals surface area contributed by atoms with Gasteiger partial charge in [0.1, 0.15) is 0 Å². The van der Waals surface area contributed by atoms with E-state index < -0.39 is 0 Å². The second-order valence-corrected chi connectivity index (χ2v) is 2.21. The summed E-state index contributed by atoms with van der Waals surface area (Å²) in [6.07, 6.45) is 0. The minimum absolute atomic E-state index is 0.304. The van der Waals surface area contributed by atoms with E-state index in [-0.39, 0.29) is 0 Å². The van der Waals surface area contributed by atoms with Crippen LogP contribution in [0, 0.1) is 6.92 Å². The summed E-state index contributed by atoms with van der Waals surface area (Å²) in [6, 6.07) is 0. The Morgan fingerprint density at radius 2 is 2.50 bits per heavy atom. The fourth-order valence-electron chi connectivity index (χ4n) is 0.492. The molecule has 1 heterocycles. The molecule has 0 fully saturated rings. The summed E-state index contributed by atoms with van der Waals surface area (Å²) in [5.41, 5.74) is 9.58. The van der Waals surface area contributed by atoms with E-state index in [1.165, 1.54) is 0 Å². The maximum Gasteiger partial charge on any atom is 0.0830 e. The van der Waals surface area contributed by atoms with E-state index in [4.69, 9.17) is 5.53 Å². The van der Waals surface area contributed by atoms with Crippen LogP contribution in [0.15, 0.2) is 5.11 Å². The largest absolute Gasteiger partial charge is 0.178 e. The first kappa shape index (κ1) is 6.98. The Bertz CT molecular complexity index is 260. The summed E-state index contributed by atoms with van der Waals surface area (Å²) in [5.74, 6) is 0. The van der Waals surface area contributed by atoms with E-state index in [1.54, 1.807) is 0 Å². The van der Waals surface area contributed by atoms with Gasteiger partial charge in [0, 0.05) is 4.91 Å². The molecule has 0 atom stereocenters. The van der Waals surface area contributed by atoms with E-state index in [2.05, 4.69) is 18.8 Å². The van der Waals surface area contributed by atoms with Crippen molar-refractivity contribution in [3.63, 3.8) is 0 Å². The molecule has 0 aliphatic rings. The third-order valence-electron chi connectivity index (χ3n) is 1.03. The predicted molar refractivity (Wildman–Crippen MR) is 37.5 cm³/mol. The predicted octanol–water partition coefficient (Wildman–Crippen LogP) is 1.66. The quantitative estimate of drug-likeness (QED) is 0.370. The molecular weight excluding hydrogens is 150 g/mol. The average molecular weight is 155 g/mol. The summed E-state index contributed by atoms with van der Waals surface area (Å²) in [5, 5.41) is 3.36. The number of hydrogen-bond donors (Lipinski definition) is 0. The minimum Gasteiger partial charge on any atom is -0.178 e. The van der Waals surface area contributed by atoms with E-state index in [9.17, 15) is 0 Å². The minimum atomic E-state index is 0.304. The molecule has 1 aromatic heterocycles. The maximum absolute atomic E-state index is 7.97. The molecule has 0 unspecified atom stereocenters. The normalized spacial score (nSPS) is 8.90. The molecule has 1 rings (SSSR count). The van der Waals surface area contributed by atoms with Gasteiger partial charge in [-0.15, -0.1) is 0 Å². The number of nitrogens with zero attached hydrogens (tertiary/aromatic N) is 5. The van der Waals surface area contributed by atoms with Crippen LogP contribution >= 0.6 is 11.7 Å². The summed E-state index contributed by atoms with van der Waals surface area (Å²) >= 11 is 1.13. The Balaban J connectivity index is 2.74. The second-order valence-electron chi connectivity index (χ2n) is 1.69. The van der Waals surface area contributed by atoms with Crippen LogP contribution in [0.2, 0.25) is 0 Å². The van der Waals surface area contributed by atoms with Crippen molar-refractivity contribution in [1.82, 2.24) is 8.75 Å². The lowest BCUT2D eigenvalue weighted by molar-refractivity contribution is 0.982. The molecule has 0 bridgehead atoms. The topological polar surface area (TPSA) is 74.5 Å². The zero-order valence-corrected chi connectivity index (χ0v) is 6.17. The highest BCUT2D eigenvalue weighted by Crippen LogP contribution is 2.04. The Hall–Kier alpha value is -1.13. The zero-order chi connectivity index (χ0) is 7.40. The van der Waals surface area contributed by atoms with Gasteiger partial charge < -0.3 is 0 Å². The molecule has 0 radical (unpaired) electrons. The fraction of sp³-hybridized carbons (Fsp3) is 0.500. The van der Waals surface area contributed by atoms with Crippen LogP contribution in [-0.4, -0.2) is 8.75 Å². The highest BCUT2D eigenvalue weighted by molar-refractivity contribution is 6.99. The lowest BCUT2D eigenvalue weighted by Gasteiger charge is -1.84. The summed E-state index contributed by atoms with van der Waals surface area (Å²) < 4.78 is 7.84. The van der Waals surface area contributed by atoms with Crippen LogP contribution < -0.4 is 0 Å². The van der Waals surface area contributed by atoms with Gasteiger partial charge in [0.15, 0.2) is 0 Å². The molecule has 0 saturated carbocycles. The Morgan fingerprint density at radius 1 is 1.70 bits per heavy atom. The van der Waals surface area contributed by atoms with Gasteiger partial charge in [0.2, 0.25) is 0 Å². The van der Waals surface area contributed by atoms with Crippen LogP contribution in [0.3, 0.4) is 0 Å². The summed E-state index contributed by atoms with van der Waals surface area (Å²) in [4.78, 5) is 2.61. The first-order chi connectivity index (χ1) is 4.84. The molecule has 0 aromatic carbocycles. The first-order valence-electron chi connectivity index (χ1n) is 2.63. The van der Waals surface area contributed by atoms with Gasteiger partial charge in [-0.3, -0.25) is 0 Å². The van der Waals surface area contributed by atoms with Crippen LogP contribution in [0.1, 0.15) is 11.4 Å². The third-order valence-corrected chi connectivity index (χ3v) is 1.69. The van der Waals surface area contributed by atoms with Gasteiger partial charge in [-0.1, -0.05) is 5.11 Å². The van der Waals surface area contributed by atoms with E-state index in [1.807, 2.05) is 6.92 Å².